The topological polar surface area (TPSA) is 167 Å². The molecule has 3 aliphatic heterocycles. The number of nitrogens with one attached hydrogen (secondary N) is 1. The minimum Gasteiger partial charge on any atom is -0.486 e. The maximum absolute atomic E-state index is 15.1. The van der Waals surface area contributed by atoms with Crippen LogP contribution in [0.4, 0.5) is 4.39 Å². The lowest BCUT2D eigenvalue weighted by atomic mass is 10.1. The molecule has 3 unspecified atom stereocenters. The lowest BCUT2D eigenvalue weighted by Gasteiger charge is -2.45. The van der Waals surface area contributed by atoms with Crippen molar-refractivity contribution in [2.75, 3.05) is 39.3 Å². The summed E-state index contributed by atoms with van der Waals surface area (Å²) < 4.78 is 40.2. The van der Waals surface area contributed by atoms with Gasteiger partial charge in [0.05, 0.1) is 47.1 Å². The van der Waals surface area contributed by atoms with Crippen LogP contribution in [0.5, 0.6) is 5.75 Å². The van der Waals surface area contributed by atoms with Crippen LogP contribution in [0.1, 0.15) is 23.9 Å². The van der Waals surface area contributed by atoms with Crippen molar-refractivity contribution in [3.05, 3.63) is 107 Å². The standard InChI is InChI=1S/C35H36FN7O7S/c1-22-39-28(33(45)41(22)2)14-23-9-10-30(27(36)13-23)50-18-24-20-51(48)34-29(19-49-21-43(34)32(24)35(46)47)40-31(44)17-42(15-25-7-3-5-11-37-25)16-26-8-4-6-12-38-26/h3-14,29,34H,15-21H2,1-2H3,(H,40,44)(H,46,47)/b28-14-. The first kappa shape index (κ1) is 35.5. The van der Waals surface area contributed by atoms with Gasteiger partial charge in [-0.25, -0.2) is 14.2 Å². The van der Waals surface area contributed by atoms with Gasteiger partial charge in [-0.2, -0.15) is 0 Å². The van der Waals surface area contributed by atoms with Crippen molar-refractivity contribution < 1.29 is 37.6 Å². The second-order valence-electron chi connectivity index (χ2n) is 12.1. The molecule has 6 rings (SSSR count). The van der Waals surface area contributed by atoms with Crippen molar-refractivity contribution in [1.82, 2.24) is 30.0 Å². The molecule has 2 aromatic heterocycles. The van der Waals surface area contributed by atoms with E-state index >= 15 is 4.39 Å². The summed E-state index contributed by atoms with van der Waals surface area (Å²) >= 11 is 0. The molecular weight excluding hydrogens is 681 g/mol. The molecule has 51 heavy (non-hydrogen) atoms. The highest BCUT2D eigenvalue weighted by atomic mass is 32.2. The first-order valence-corrected chi connectivity index (χ1v) is 17.4. The first-order valence-electron chi connectivity index (χ1n) is 16.0. The van der Waals surface area contributed by atoms with Crippen LogP contribution in [-0.2, 0) is 43.0 Å². The molecule has 1 saturated heterocycles. The maximum atomic E-state index is 15.1. The summed E-state index contributed by atoms with van der Waals surface area (Å²) in [6.45, 7) is 1.89. The van der Waals surface area contributed by atoms with Crippen molar-refractivity contribution in [3.63, 3.8) is 0 Å². The molecule has 16 heteroatoms. The predicted molar refractivity (Wildman–Crippen MR) is 184 cm³/mol. The minimum atomic E-state index is -1.68. The summed E-state index contributed by atoms with van der Waals surface area (Å²) in [5, 5.41) is 12.3. The van der Waals surface area contributed by atoms with Crippen LogP contribution in [0, 0.1) is 5.82 Å². The quantitative estimate of drug-likeness (QED) is 0.264. The van der Waals surface area contributed by atoms with E-state index in [-0.39, 0.29) is 66.8 Å². The van der Waals surface area contributed by atoms with Crippen molar-refractivity contribution in [3.8, 4) is 5.75 Å². The number of amidine groups is 1. The molecule has 14 nitrogen and oxygen atoms in total. The van der Waals surface area contributed by atoms with Gasteiger partial charge in [-0.15, -0.1) is 0 Å². The fraction of sp³-hybridized carbons (Fsp3) is 0.314. The van der Waals surface area contributed by atoms with Gasteiger partial charge in [-0.1, -0.05) is 18.2 Å². The second kappa shape index (κ2) is 15.7. The molecule has 5 heterocycles. The molecular formula is C35H36FN7O7S. The molecule has 266 valence electrons. The molecule has 3 aliphatic rings. The lowest BCUT2D eigenvalue weighted by Crippen LogP contribution is -2.63. The van der Waals surface area contributed by atoms with E-state index in [1.54, 1.807) is 32.4 Å². The summed E-state index contributed by atoms with van der Waals surface area (Å²) in [4.78, 5) is 55.9. The fourth-order valence-electron chi connectivity index (χ4n) is 6.01. The average molecular weight is 718 g/mol. The number of aliphatic carboxylic acids is 1. The van der Waals surface area contributed by atoms with E-state index in [1.165, 1.54) is 28.0 Å². The Morgan fingerprint density at radius 3 is 2.43 bits per heavy atom. The van der Waals surface area contributed by atoms with Crippen LogP contribution >= 0.6 is 0 Å². The zero-order valence-electron chi connectivity index (χ0n) is 27.9. The Balaban J connectivity index is 1.14. The predicted octanol–water partition coefficient (Wildman–Crippen LogP) is 2.13. The number of rotatable bonds is 12. The van der Waals surface area contributed by atoms with Crippen molar-refractivity contribution in [1.29, 1.82) is 0 Å². The second-order valence-corrected chi connectivity index (χ2v) is 13.7. The zero-order chi connectivity index (χ0) is 36.1. The third-order valence-electron chi connectivity index (χ3n) is 8.48. The first-order chi connectivity index (χ1) is 24.6. The van der Waals surface area contributed by atoms with Gasteiger partial charge >= 0.3 is 5.97 Å². The molecule has 0 aliphatic carbocycles. The average Bonchev–Trinajstić information content (AvgIpc) is 3.34. The molecule has 0 spiro atoms. The van der Waals surface area contributed by atoms with Crippen molar-refractivity contribution in [2.24, 2.45) is 4.99 Å². The summed E-state index contributed by atoms with van der Waals surface area (Å²) in [6.07, 6.45) is 4.81. The number of carboxylic acids is 1. The number of ether oxygens (including phenoxy) is 2. The van der Waals surface area contributed by atoms with Gasteiger partial charge < -0.3 is 24.8 Å². The van der Waals surface area contributed by atoms with E-state index in [4.69, 9.17) is 9.47 Å². The maximum Gasteiger partial charge on any atom is 0.352 e. The molecule has 1 aromatic carbocycles. The highest BCUT2D eigenvalue weighted by Crippen LogP contribution is 2.30. The van der Waals surface area contributed by atoms with E-state index in [2.05, 4.69) is 20.3 Å². The number of carbonyl (C=O) groups is 3. The van der Waals surface area contributed by atoms with Gasteiger partial charge in [-0.05, 0) is 55.0 Å². The number of pyridine rings is 2. The summed E-state index contributed by atoms with van der Waals surface area (Å²) in [6, 6.07) is 14.4. The molecule has 3 atom stereocenters. The number of fused-ring (bicyclic) bond motifs is 1. The number of carbonyl (C=O) groups excluding carboxylic acids is 2. The number of aliphatic imine (C=N–C) groups is 1. The normalized spacial score (nSPS) is 21.2. The lowest BCUT2D eigenvalue weighted by molar-refractivity contribution is -0.137. The molecule has 3 aromatic rings. The number of halogens is 1. The van der Waals surface area contributed by atoms with E-state index < -0.39 is 34.0 Å². The van der Waals surface area contributed by atoms with Crippen LogP contribution in [0.25, 0.3) is 6.08 Å². The highest BCUT2D eigenvalue weighted by Gasteiger charge is 2.45. The Kier molecular flexibility index (Phi) is 10.9. The molecule has 2 amide bonds. The van der Waals surface area contributed by atoms with Gasteiger partial charge in [0.1, 0.15) is 35.9 Å². The van der Waals surface area contributed by atoms with E-state index in [0.29, 0.717) is 24.5 Å². The molecule has 0 saturated carbocycles. The Morgan fingerprint density at radius 1 is 1.14 bits per heavy atom. The van der Waals surface area contributed by atoms with Crippen molar-refractivity contribution in [2.45, 2.75) is 31.4 Å². The van der Waals surface area contributed by atoms with Crippen LogP contribution in [-0.4, -0.2) is 108 Å². The van der Waals surface area contributed by atoms with Crippen molar-refractivity contribution >= 4 is 40.5 Å². The number of aromatic nitrogens is 2. The fourth-order valence-corrected chi connectivity index (χ4v) is 7.71. The van der Waals surface area contributed by atoms with Gasteiger partial charge in [0.25, 0.3) is 5.91 Å². The van der Waals surface area contributed by atoms with E-state index in [0.717, 1.165) is 11.4 Å². The molecule has 2 N–H and O–H groups in total. The third kappa shape index (κ3) is 8.36. The smallest absolute Gasteiger partial charge is 0.352 e. The summed E-state index contributed by atoms with van der Waals surface area (Å²) in [7, 11) is -0.0843. The Morgan fingerprint density at radius 2 is 1.84 bits per heavy atom. The number of hydrogen-bond acceptors (Lipinski definition) is 11. The van der Waals surface area contributed by atoms with E-state index in [1.807, 2.05) is 41.3 Å². The SMILES string of the molecule is CC1=N/C(=C\c2ccc(OCC3=C(C(=O)O)N4COCC(NC(=O)CN(Cc5ccccn5)Cc5ccccn5)C4S(=O)C3)c(F)c2)C(=O)N1C. The largest absolute Gasteiger partial charge is 0.486 e. The molecule has 1 fully saturated rings. The Hall–Kier alpha value is -5.32. The number of carboxylic acid groups (broad SMARTS) is 1. The van der Waals surface area contributed by atoms with Crippen LogP contribution in [0.15, 0.2) is 89.0 Å². The Bertz CT molecular complexity index is 1880. The van der Waals surface area contributed by atoms with Gasteiger partial charge in [0, 0.05) is 38.1 Å². The van der Waals surface area contributed by atoms with Crippen LogP contribution in [0.3, 0.4) is 0 Å². The highest BCUT2D eigenvalue weighted by molar-refractivity contribution is 7.85. The van der Waals surface area contributed by atoms with Gasteiger partial charge in [-0.3, -0.25) is 33.6 Å². The Labute approximate surface area is 295 Å². The van der Waals surface area contributed by atoms with Crippen LogP contribution in [0.2, 0.25) is 0 Å². The van der Waals surface area contributed by atoms with Gasteiger partial charge in [0.2, 0.25) is 5.91 Å². The molecule has 0 radical (unpaired) electrons. The summed E-state index contributed by atoms with van der Waals surface area (Å²) in [5.74, 6) is -2.51. The zero-order valence-corrected chi connectivity index (χ0v) is 28.7. The number of nitrogens with zero attached hydrogens (tertiary/aromatic N) is 6. The minimum absolute atomic E-state index is 0.0261. The number of benzene rings is 1. The van der Waals surface area contributed by atoms with Gasteiger partial charge in [0.15, 0.2) is 11.6 Å². The third-order valence-corrected chi connectivity index (χ3v) is 10.2. The monoisotopic (exact) mass is 717 g/mol. The molecule has 0 bridgehead atoms. The summed E-state index contributed by atoms with van der Waals surface area (Å²) in [5.41, 5.74) is 2.09. The number of amides is 2. The number of hydrogen-bond donors (Lipinski definition) is 2. The van der Waals surface area contributed by atoms with Crippen LogP contribution < -0.4 is 10.1 Å². The van der Waals surface area contributed by atoms with E-state index in [9.17, 15) is 23.7 Å². The number of likely N-dealkylation sites (N-methyl/N-ethyl adjacent to an activating group) is 1.